The highest BCUT2D eigenvalue weighted by Crippen LogP contribution is 2.26. The van der Waals surface area contributed by atoms with E-state index in [4.69, 9.17) is 4.74 Å². The highest BCUT2D eigenvalue weighted by Gasteiger charge is 2.11. The maximum absolute atomic E-state index is 10.9. The van der Waals surface area contributed by atoms with Crippen molar-refractivity contribution in [3.63, 3.8) is 0 Å². The van der Waals surface area contributed by atoms with Crippen molar-refractivity contribution in [3.8, 4) is 17.6 Å². The predicted molar refractivity (Wildman–Crippen MR) is 93.0 cm³/mol. The topological polar surface area (TPSA) is 78.2 Å². The summed E-state index contributed by atoms with van der Waals surface area (Å²) in [5.41, 5.74) is 1.16. The van der Waals surface area contributed by atoms with Gasteiger partial charge >= 0.3 is 5.82 Å². The van der Waals surface area contributed by atoms with E-state index in [0.717, 1.165) is 21.0 Å². The van der Waals surface area contributed by atoms with Crippen molar-refractivity contribution in [2.45, 2.75) is 0 Å². The molecule has 0 amide bonds. The summed E-state index contributed by atoms with van der Waals surface area (Å²) in [5.74, 6) is 6.05. The Kier molecular flexibility index (Phi) is 4.50. The van der Waals surface area contributed by atoms with E-state index >= 15 is 0 Å². The molecule has 0 atom stereocenters. The number of ether oxygens (including phenoxy) is 1. The number of methoxy groups -OCH3 is 1. The van der Waals surface area contributed by atoms with Gasteiger partial charge in [-0.1, -0.05) is 11.8 Å². The fraction of sp³-hybridized carbons (Fsp3) is 0.0588. The molecule has 0 aliphatic carbocycles. The first-order valence-electron chi connectivity index (χ1n) is 6.89. The van der Waals surface area contributed by atoms with E-state index in [-0.39, 0.29) is 11.4 Å². The summed E-state index contributed by atoms with van der Waals surface area (Å²) >= 11 is 1.51. The first-order chi connectivity index (χ1) is 11.7. The molecule has 2 aromatic heterocycles. The third-order valence-corrected chi connectivity index (χ3v) is 4.07. The molecule has 3 aromatic rings. The second-order valence-corrected chi connectivity index (χ2v) is 5.68. The summed E-state index contributed by atoms with van der Waals surface area (Å²) in [6.45, 7) is 0. The van der Waals surface area contributed by atoms with Crippen LogP contribution in [0, 0.1) is 22.0 Å². The van der Waals surface area contributed by atoms with Gasteiger partial charge in [0, 0.05) is 0 Å². The zero-order chi connectivity index (χ0) is 16.9. The molecule has 0 bridgehead atoms. The molecule has 0 fully saturated rings. The summed E-state index contributed by atoms with van der Waals surface area (Å²) < 4.78 is 6.21. The van der Waals surface area contributed by atoms with Gasteiger partial charge in [0.1, 0.15) is 22.5 Å². The van der Waals surface area contributed by atoms with Crippen LogP contribution in [0.2, 0.25) is 0 Å². The molecule has 0 N–H and O–H groups in total. The van der Waals surface area contributed by atoms with Crippen LogP contribution < -0.4 is 4.74 Å². The molecule has 24 heavy (non-hydrogen) atoms. The van der Waals surface area contributed by atoms with E-state index in [1.54, 1.807) is 31.4 Å². The Hall–Kier alpha value is -3.24. The zero-order valence-electron chi connectivity index (χ0n) is 12.6. The van der Waals surface area contributed by atoms with E-state index in [9.17, 15) is 10.1 Å². The quantitative estimate of drug-likeness (QED) is 0.414. The number of benzene rings is 1. The smallest absolute Gasteiger partial charge is 0.379 e. The van der Waals surface area contributed by atoms with E-state index in [1.165, 1.54) is 17.5 Å². The lowest BCUT2D eigenvalue weighted by Crippen LogP contribution is -1.94. The van der Waals surface area contributed by atoms with Gasteiger partial charge in [-0.15, -0.1) is 11.3 Å². The van der Waals surface area contributed by atoms with Crippen LogP contribution in [0.3, 0.4) is 0 Å². The Bertz CT molecular complexity index is 999. The molecule has 0 saturated heterocycles. The lowest BCUT2D eigenvalue weighted by atomic mass is 10.2. The van der Waals surface area contributed by atoms with Crippen LogP contribution in [0.5, 0.6) is 5.75 Å². The van der Waals surface area contributed by atoms with Crippen molar-refractivity contribution in [1.29, 1.82) is 0 Å². The number of nitro groups is 1. The average Bonchev–Trinajstić information content (AvgIpc) is 3.00. The van der Waals surface area contributed by atoms with E-state index < -0.39 is 4.92 Å². The molecular formula is C17H11N3O3S. The Morgan fingerprint density at radius 3 is 3.04 bits per heavy atom. The summed E-state index contributed by atoms with van der Waals surface area (Å²) in [4.78, 5) is 18.5. The molecule has 0 aliphatic rings. The van der Waals surface area contributed by atoms with E-state index in [2.05, 4.69) is 21.8 Å². The third kappa shape index (κ3) is 3.39. The summed E-state index contributed by atoms with van der Waals surface area (Å²) in [5, 5.41) is 11.7. The molecule has 7 heteroatoms. The lowest BCUT2D eigenvalue weighted by Gasteiger charge is -1.96. The fourth-order valence-electron chi connectivity index (χ4n) is 1.99. The molecule has 1 aromatic carbocycles. The molecule has 0 saturated carbocycles. The molecule has 3 rings (SSSR count). The highest BCUT2D eigenvalue weighted by atomic mass is 32.1. The van der Waals surface area contributed by atoms with Gasteiger partial charge in [0.05, 0.1) is 17.3 Å². The zero-order valence-corrected chi connectivity index (χ0v) is 13.4. The number of nitrogens with zero attached hydrogens (tertiary/aromatic N) is 3. The SMILES string of the molecule is COc1ccc2nc(/C=C/C#Cc3cccnc3[N+](=O)[O-])sc2c1. The van der Waals surface area contributed by atoms with Gasteiger partial charge in [0.15, 0.2) is 0 Å². The van der Waals surface area contributed by atoms with Gasteiger partial charge in [-0.3, -0.25) is 0 Å². The van der Waals surface area contributed by atoms with Gasteiger partial charge in [-0.25, -0.2) is 4.98 Å². The molecule has 0 unspecified atom stereocenters. The molecule has 118 valence electrons. The number of rotatable bonds is 3. The predicted octanol–water partition coefficient (Wildman–Crippen LogP) is 3.67. The number of pyridine rings is 1. The minimum atomic E-state index is -0.547. The Morgan fingerprint density at radius 1 is 1.38 bits per heavy atom. The van der Waals surface area contributed by atoms with Gasteiger partial charge in [-0.2, -0.15) is 0 Å². The monoisotopic (exact) mass is 337 g/mol. The largest absolute Gasteiger partial charge is 0.497 e. The summed E-state index contributed by atoms with van der Waals surface area (Å²) in [6, 6.07) is 8.86. The highest BCUT2D eigenvalue weighted by molar-refractivity contribution is 7.19. The normalized spacial score (nSPS) is 10.5. The fourth-order valence-corrected chi connectivity index (χ4v) is 2.89. The van der Waals surface area contributed by atoms with Gasteiger partial charge in [0.2, 0.25) is 0 Å². The second-order valence-electron chi connectivity index (χ2n) is 4.62. The summed E-state index contributed by atoms with van der Waals surface area (Å²) in [6.07, 6.45) is 4.76. The van der Waals surface area contributed by atoms with Crippen LogP contribution in [-0.2, 0) is 0 Å². The molecular weight excluding hydrogens is 326 g/mol. The van der Waals surface area contributed by atoms with E-state index in [0.29, 0.717) is 0 Å². The Balaban J connectivity index is 1.82. The number of thiazole rings is 1. The Morgan fingerprint density at radius 2 is 2.25 bits per heavy atom. The maximum atomic E-state index is 10.9. The van der Waals surface area contributed by atoms with Crippen molar-refractivity contribution in [2.75, 3.05) is 7.11 Å². The number of hydrogen-bond donors (Lipinski definition) is 0. The second kappa shape index (κ2) is 6.89. The average molecular weight is 337 g/mol. The number of fused-ring (bicyclic) bond motifs is 1. The maximum Gasteiger partial charge on any atom is 0.379 e. The molecule has 0 radical (unpaired) electrons. The van der Waals surface area contributed by atoms with Crippen LogP contribution in [0.1, 0.15) is 10.6 Å². The van der Waals surface area contributed by atoms with Crippen LogP contribution in [0.4, 0.5) is 5.82 Å². The first-order valence-corrected chi connectivity index (χ1v) is 7.71. The van der Waals surface area contributed by atoms with Crippen LogP contribution in [0.15, 0.2) is 42.6 Å². The standard InChI is InChI=1S/C17H11N3O3S/c1-23-13-8-9-14-15(11-13)24-16(19-14)7-3-2-5-12-6-4-10-18-17(12)20(21)22/h3-4,6-11H,1H3/b7-3+. The van der Waals surface area contributed by atoms with Crippen molar-refractivity contribution < 1.29 is 9.66 Å². The Labute approximate surface area is 141 Å². The van der Waals surface area contributed by atoms with Crippen molar-refractivity contribution >= 4 is 33.4 Å². The van der Waals surface area contributed by atoms with Gasteiger partial charge in [0.25, 0.3) is 0 Å². The van der Waals surface area contributed by atoms with Gasteiger partial charge < -0.3 is 14.9 Å². The van der Waals surface area contributed by atoms with Crippen molar-refractivity contribution in [1.82, 2.24) is 9.97 Å². The molecule has 6 nitrogen and oxygen atoms in total. The minimum Gasteiger partial charge on any atom is -0.497 e. The van der Waals surface area contributed by atoms with Crippen LogP contribution >= 0.6 is 11.3 Å². The van der Waals surface area contributed by atoms with Crippen LogP contribution in [-0.4, -0.2) is 22.0 Å². The summed E-state index contributed by atoms with van der Waals surface area (Å²) in [7, 11) is 1.62. The molecule has 0 aliphatic heterocycles. The van der Waals surface area contributed by atoms with Gasteiger partial charge in [-0.05, 0) is 52.4 Å². The molecule has 0 spiro atoms. The van der Waals surface area contributed by atoms with Crippen molar-refractivity contribution in [2.24, 2.45) is 0 Å². The third-order valence-electron chi connectivity index (χ3n) is 3.09. The lowest BCUT2D eigenvalue weighted by molar-refractivity contribution is -0.389. The minimum absolute atomic E-state index is 0.245. The van der Waals surface area contributed by atoms with E-state index in [1.807, 2.05) is 18.2 Å². The molecule has 2 heterocycles. The number of hydrogen-bond acceptors (Lipinski definition) is 6. The number of aromatic nitrogens is 2. The number of allylic oxidation sites excluding steroid dienone is 1. The van der Waals surface area contributed by atoms with Crippen LogP contribution in [0.25, 0.3) is 16.3 Å². The first kappa shape index (κ1) is 15.6. The van der Waals surface area contributed by atoms with Crippen molar-refractivity contribution in [3.05, 3.63) is 63.3 Å².